The van der Waals surface area contributed by atoms with Crippen LogP contribution in [0.15, 0.2) is 45.3 Å². The monoisotopic (exact) mass is 331 g/mol. The highest BCUT2D eigenvalue weighted by atomic mass is 79.9. The van der Waals surface area contributed by atoms with E-state index in [2.05, 4.69) is 61.0 Å². The maximum absolute atomic E-state index is 6.30. The van der Waals surface area contributed by atoms with Crippen molar-refractivity contribution in [2.45, 2.75) is 26.8 Å². The van der Waals surface area contributed by atoms with Crippen molar-refractivity contribution in [3.8, 4) is 0 Å². The number of halogens is 1. The smallest absolute Gasteiger partial charge is 0.149 e. The fourth-order valence-corrected chi connectivity index (χ4v) is 3.07. The number of rotatable bonds is 1. The Bertz CT molecular complexity index is 783. The first-order chi connectivity index (χ1) is 9.38. The Morgan fingerprint density at radius 3 is 2.50 bits per heavy atom. The van der Waals surface area contributed by atoms with Gasteiger partial charge in [-0.15, -0.1) is 0 Å². The van der Waals surface area contributed by atoms with E-state index >= 15 is 0 Å². The zero-order valence-corrected chi connectivity index (χ0v) is 13.5. The maximum Gasteiger partial charge on any atom is 0.149 e. The minimum atomic E-state index is -0.120. The van der Waals surface area contributed by atoms with E-state index in [9.17, 15) is 0 Å². The van der Waals surface area contributed by atoms with E-state index in [1.807, 2.05) is 12.1 Å². The molecule has 20 heavy (non-hydrogen) atoms. The van der Waals surface area contributed by atoms with Crippen LogP contribution in [0.3, 0.4) is 0 Å². The van der Waals surface area contributed by atoms with Crippen molar-refractivity contribution in [1.29, 1.82) is 0 Å². The van der Waals surface area contributed by atoms with Crippen molar-refractivity contribution in [3.63, 3.8) is 0 Å². The average molecular weight is 332 g/mol. The molecule has 0 saturated carbocycles. The van der Waals surface area contributed by atoms with Crippen LogP contribution in [0.2, 0.25) is 0 Å². The average Bonchev–Trinajstić information content (AvgIpc) is 2.81. The van der Waals surface area contributed by atoms with E-state index in [4.69, 9.17) is 10.2 Å². The SMILES string of the molecule is CC(C)(C)C(N)c1cc2cc3ccccc3c(Br)c2o1. The lowest BCUT2D eigenvalue weighted by molar-refractivity contribution is 0.290. The lowest BCUT2D eigenvalue weighted by Gasteiger charge is -2.24. The molecule has 0 aliphatic carbocycles. The van der Waals surface area contributed by atoms with Crippen molar-refractivity contribution in [1.82, 2.24) is 0 Å². The van der Waals surface area contributed by atoms with Crippen LogP contribution in [-0.2, 0) is 0 Å². The van der Waals surface area contributed by atoms with E-state index in [0.717, 1.165) is 26.6 Å². The molecule has 1 atom stereocenters. The van der Waals surface area contributed by atoms with Crippen LogP contribution in [0, 0.1) is 5.41 Å². The first-order valence-corrected chi connectivity index (χ1v) is 7.53. The van der Waals surface area contributed by atoms with Crippen LogP contribution in [0.25, 0.3) is 21.7 Å². The molecule has 104 valence electrons. The molecule has 1 heterocycles. The Labute approximate surface area is 127 Å². The van der Waals surface area contributed by atoms with Crippen molar-refractivity contribution in [2.75, 3.05) is 0 Å². The van der Waals surface area contributed by atoms with Crippen LogP contribution in [0.4, 0.5) is 0 Å². The van der Waals surface area contributed by atoms with Gasteiger partial charge in [0.1, 0.15) is 11.3 Å². The lowest BCUT2D eigenvalue weighted by Crippen LogP contribution is -2.25. The standard InChI is InChI=1S/C17H18BrNO/c1-17(2,3)16(19)13-9-11-8-10-6-4-5-7-12(10)14(18)15(11)20-13/h4-9,16H,19H2,1-3H3. The van der Waals surface area contributed by atoms with Gasteiger partial charge in [-0.05, 0) is 44.3 Å². The summed E-state index contributed by atoms with van der Waals surface area (Å²) in [6.45, 7) is 6.36. The number of benzene rings is 2. The zero-order valence-electron chi connectivity index (χ0n) is 11.9. The molecule has 2 N–H and O–H groups in total. The Balaban J connectivity index is 2.26. The molecule has 1 unspecified atom stereocenters. The highest BCUT2D eigenvalue weighted by molar-refractivity contribution is 9.10. The molecule has 1 aromatic heterocycles. The fourth-order valence-electron chi connectivity index (χ4n) is 2.40. The number of fused-ring (bicyclic) bond motifs is 2. The summed E-state index contributed by atoms with van der Waals surface area (Å²) in [6, 6.07) is 12.4. The van der Waals surface area contributed by atoms with Gasteiger partial charge in [-0.2, -0.15) is 0 Å². The summed E-state index contributed by atoms with van der Waals surface area (Å²) >= 11 is 3.66. The highest BCUT2D eigenvalue weighted by Gasteiger charge is 2.26. The number of hydrogen-bond donors (Lipinski definition) is 1. The van der Waals surface area contributed by atoms with Gasteiger partial charge >= 0.3 is 0 Å². The van der Waals surface area contributed by atoms with Gasteiger partial charge in [-0.25, -0.2) is 0 Å². The van der Waals surface area contributed by atoms with Crippen molar-refractivity contribution in [2.24, 2.45) is 11.1 Å². The third kappa shape index (κ3) is 2.15. The largest absolute Gasteiger partial charge is 0.458 e. The summed E-state index contributed by atoms with van der Waals surface area (Å²) in [5.74, 6) is 0.837. The molecular weight excluding hydrogens is 314 g/mol. The van der Waals surface area contributed by atoms with Gasteiger partial charge in [0.05, 0.1) is 10.5 Å². The second-order valence-corrected chi connectivity index (χ2v) is 7.12. The van der Waals surface area contributed by atoms with Crippen molar-refractivity contribution < 1.29 is 4.42 Å². The lowest BCUT2D eigenvalue weighted by atomic mass is 9.86. The Morgan fingerprint density at radius 2 is 1.80 bits per heavy atom. The van der Waals surface area contributed by atoms with Crippen molar-refractivity contribution >= 4 is 37.7 Å². The summed E-state index contributed by atoms with van der Waals surface area (Å²) in [5.41, 5.74) is 7.15. The molecule has 3 heteroatoms. The topological polar surface area (TPSA) is 39.2 Å². The molecule has 0 aliphatic rings. The summed E-state index contributed by atoms with van der Waals surface area (Å²) < 4.78 is 7.02. The van der Waals surface area contributed by atoms with E-state index in [0.29, 0.717) is 0 Å². The van der Waals surface area contributed by atoms with Crippen LogP contribution in [0.5, 0.6) is 0 Å². The Kier molecular flexibility index (Phi) is 3.14. The second-order valence-electron chi connectivity index (χ2n) is 6.32. The van der Waals surface area contributed by atoms with E-state index in [-0.39, 0.29) is 11.5 Å². The summed E-state index contributed by atoms with van der Waals surface area (Å²) in [6.07, 6.45) is 0. The van der Waals surface area contributed by atoms with E-state index < -0.39 is 0 Å². The molecule has 0 spiro atoms. The van der Waals surface area contributed by atoms with Crippen molar-refractivity contribution in [3.05, 3.63) is 46.6 Å². The van der Waals surface area contributed by atoms with E-state index in [1.54, 1.807) is 0 Å². The van der Waals surface area contributed by atoms with Gasteiger partial charge in [0.25, 0.3) is 0 Å². The molecule has 0 bridgehead atoms. The summed E-state index contributed by atoms with van der Waals surface area (Å²) in [7, 11) is 0. The molecule has 0 fully saturated rings. The first kappa shape index (κ1) is 13.7. The van der Waals surface area contributed by atoms with Crippen LogP contribution in [0.1, 0.15) is 32.6 Å². The Morgan fingerprint density at radius 1 is 1.10 bits per heavy atom. The van der Waals surface area contributed by atoms with E-state index in [1.165, 1.54) is 5.39 Å². The van der Waals surface area contributed by atoms with Crippen LogP contribution < -0.4 is 5.73 Å². The first-order valence-electron chi connectivity index (χ1n) is 6.74. The van der Waals surface area contributed by atoms with Gasteiger partial charge in [0, 0.05) is 5.39 Å². The van der Waals surface area contributed by atoms with Gasteiger partial charge in [0.2, 0.25) is 0 Å². The molecule has 0 amide bonds. The van der Waals surface area contributed by atoms with Gasteiger partial charge in [0.15, 0.2) is 0 Å². The predicted molar refractivity (Wildman–Crippen MR) is 87.8 cm³/mol. The fraction of sp³-hybridized carbons (Fsp3) is 0.294. The minimum Gasteiger partial charge on any atom is -0.458 e. The molecular formula is C17H18BrNO. The molecule has 0 saturated heterocycles. The maximum atomic E-state index is 6.30. The van der Waals surface area contributed by atoms with Gasteiger partial charge in [-0.3, -0.25) is 0 Å². The minimum absolute atomic E-state index is 0.0280. The highest BCUT2D eigenvalue weighted by Crippen LogP contribution is 2.38. The van der Waals surface area contributed by atoms with Crippen LogP contribution >= 0.6 is 15.9 Å². The molecule has 2 nitrogen and oxygen atoms in total. The predicted octanol–water partition coefficient (Wildman–Crippen LogP) is 5.39. The number of hydrogen-bond acceptors (Lipinski definition) is 2. The number of nitrogens with two attached hydrogens (primary N) is 1. The number of furan rings is 1. The molecule has 3 rings (SSSR count). The molecule has 2 aromatic carbocycles. The third-order valence-electron chi connectivity index (χ3n) is 3.73. The molecule has 3 aromatic rings. The van der Waals surface area contributed by atoms with Crippen LogP contribution in [-0.4, -0.2) is 0 Å². The molecule has 0 aliphatic heterocycles. The third-order valence-corrected chi connectivity index (χ3v) is 4.51. The zero-order chi connectivity index (χ0) is 14.5. The van der Waals surface area contributed by atoms with Gasteiger partial charge in [-0.1, -0.05) is 45.0 Å². The second kappa shape index (κ2) is 4.61. The summed E-state index contributed by atoms with van der Waals surface area (Å²) in [4.78, 5) is 0. The Hall–Kier alpha value is -1.32. The normalized spacial score (nSPS) is 14.1. The summed E-state index contributed by atoms with van der Waals surface area (Å²) in [5, 5.41) is 3.44. The quantitative estimate of drug-likeness (QED) is 0.648. The van der Waals surface area contributed by atoms with Gasteiger partial charge < -0.3 is 10.2 Å². The molecule has 0 radical (unpaired) electrons.